The molecule has 2 amide bonds. The van der Waals surface area contributed by atoms with E-state index in [2.05, 4.69) is 5.32 Å². The molecule has 0 unspecified atom stereocenters. The van der Waals surface area contributed by atoms with E-state index in [0.29, 0.717) is 22.9 Å². The number of nitrogens with zero attached hydrogens (tertiary/aromatic N) is 1. The Labute approximate surface area is 183 Å². The van der Waals surface area contributed by atoms with Crippen LogP contribution in [0.1, 0.15) is 26.9 Å². The minimum absolute atomic E-state index is 0.0707. The quantitative estimate of drug-likeness (QED) is 0.569. The van der Waals surface area contributed by atoms with Crippen LogP contribution in [0.2, 0.25) is 5.02 Å². The summed E-state index contributed by atoms with van der Waals surface area (Å²) < 4.78 is 13.8. The lowest BCUT2D eigenvalue weighted by Crippen LogP contribution is -2.27. The summed E-state index contributed by atoms with van der Waals surface area (Å²) in [6.45, 7) is 0.489. The van der Waals surface area contributed by atoms with Gasteiger partial charge < -0.3 is 10.2 Å². The van der Waals surface area contributed by atoms with Gasteiger partial charge in [0, 0.05) is 17.1 Å². The molecule has 0 spiro atoms. The van der Waals surface area contributed by atoms with E-state index in [1.54, 1.807) is 36.0 Å². The van der Waals surface area contributed by atoms with Crippen LogP contribution in [0.5, 0.6) is 0 Å². The van der Waals surface area contributed by atoms with Crippen molar-refractivity contribution in [2.24, 2.45) is 0 Å². The first kappa shape index (κ1) is 20.4. The number of halogens is 2. The van der Waals surface area contributed by atoms with Gasteiger partial charge >= 0.3 is 0 Å². The standard InChI is InChI=1S/C23H18ClFN2O2S/c24-18-11-5-15(6-12-18)13-27-21(28)14-30-23(27)17-9-7-16(8-10-17)22(29)26-20-4-2-1-3-19(20)25/h1-12,23H,13-14H2,(H,26,29)/t23-/m0/s1. The second-order valence-corrected chi connectivity index (χ2v) is 8.37. The molecule has 7 heteroatoms. The van der Waals surface area contributed by atoms with Crippen molar-refractivity contribution in [1.82, 2.24) is 4.90 Å². The van der Waals surface area contributed by atoms with Gasteiger partial charge in [-0.15, -0.1) is 11.8 Å². The van der Waals surface area contributed by atoms with Gasteiger partial charge in [-0.05, 0) is 47.5 Å². The van der Waals surface area contributed by atoms with Crippen LogP contribution in [-0.4, -0.2) is 22.5 Å². The summed E-state index contributed by atoms with van der Waals surface area (Å²) in [5.41, 5.74) is 2.49. The number of benzene rings is 3. The van der Waals surface area contributed by atoms with Crippen molar-refractivity contribution in [2.45, 2.75) is 11.9 Å². The molecule has 30 heavy (non-hydrogen) atoms. The molecule has 152 valence electrons. The Balaban J connectivity index is 1.48. The molecular weight excluding hydrogens is 423 g/mol. The van der Waals surface area contributed by atoms with E-state index in [1.807, 2.05) is 41.3 Å². The van der Waals surface area contributed by atoms with E-state index in [1.165, 1.54) is 12.1 Å². The molecule has 1 atom stereocenters. The summed E-state index contributed by atoms with van der Waals surface area (Å²) in [7, 11) is 0. The van der Waals surface area contributed by atoms with Gasteiger partial charge in [0.25, 0.3) is 5.91 Å². The first-order valence-corrected chi connectivity index (χ1v) is 10.8. The van der Waals surface area contributed by atoms with Crippen LogP contribution in [0.15, 0.2) is 72.8 Å². The van der Waals surface area contributed by atoms with Crippen LogP contribution in [-0.2, 0) is 11.3 Å². The molecule has 0 aromatic heterocycles. The van der Waals surface area contributed by atoms with E-state index in [4.69, 9.17) is 11.6 Å². The number of anilines is 1. The third-order valence-corrected chi connectivity index (χ3v) is 6.32. The van der Waals surface area contributed by atoms with Gasteiger partial charge in [-0.1, -0.05) is 48.0 Å². The third kappa shape index (κ3) is 4.50. The lowest BCUT2D eigenvalue weighted by atomic mass is 10.1. The SMILES string of the molecule is O=C(Nc1ccccc1F)c1ccc([C@@H]2SCC(=O)N2Cc2ccc(Cl)cc2)cc1. The monoisotopic (exact) mass is 440 g/mol. The smallest absolute Gasteiger partial charge is 0.255 e. The molecule has 0 saturated carbocycles. The van der Waals surface area contributed by atoms with Crippen molar-refractivity contribution in [3.8, 4) is 0 Å². The van der Waals surface area contributed by atoms with E-state index in [9.17, 15) is 14.0 Å². The number of amides is 2. The Bertz CT molecular complexity index is 1070. The number of carbonyl (C=O) groups is 2. The van der Waals surface area contributed by atoms with Gasteiger partial charge in [0.1, 0.15) is 11.2 Å². The van der Waals surface area contributed by atoms with Crippen LogP contribution in [0.3, 0.4) is 0 Å². The first-order chi connectivity index (χ1) is 14.5. The molecule has 0 aliphatic carbocycles. The summed E-state index contributed by atoms with van der Waals surface area (Å²) in [5, 5.41) is 3.10. The molecule has 1 N–H and O–H groups in total. The summed E-state index contributed by atoms with van der Waals surface area (Å²) in [5.74, 6) is -0.393. The van der Waals surface area contributed by atoms with Gasteiger partial charge in [-0.25, -0.2) is 4.39 Å². The van der Waals surface area contributed by atoms with Crippen molar-refractivity contribution in [2.75, 3.05) is 11.1 Å². The summed E-state index contributed by atoms with van der Waals surface area (Å²) in [4.78, 5) is 26.7. The fraction of sp³-hybridized carbons (Fsp3) is 0.130. The van der Waals surface area contributed by atoms with Crippen molar-refractivity contribution in [3.05, 3.63) is 100 Å². The van der Waals surface area contributed by atoms with E-state index in [-0.39, 0.29) is 22.9 Å². The van der Waals surface area contributed by atoms with Crippen molar-refractivity contribution in [3.63, 3.8) is 0 Å². The highest BCUT2D eigenvalue weighted by Crippen LogP contribution is 2.39. The van der Waals surface area contributed by atoms with Gasteiger partial charge in [0.15, 0.2) is 0 Å². The maximum Gasteiger partial charge on any atom is 0.255 e. The second-order valence-electron chi connectivity index (χ2n) is 6.87. The Kier molecular flexibility index (Phi) is 6.06. The summed E-state index contributed by atoms with van der Waals surface area (Å²) in [6.07, 6.45) is 0. The van der Waals surface area contributed by atoms with Crippen LogP contribution in [0.25, 0.3) is 0 Å². The van der Waals surface area contributed by atoms with E-state index >= 15 is 0 Å². The first-order valence-electron chi connectivity index (χ1n) is 9.32. The Morgan fingerprint density at radius 3 is 2.47 bits per heavy atom. The van der Waals surface area contributed by atoms with Crippen LogP contribution >= 0.6 is 23.4 Å². The van der Waals surface area contributed by atoms with Crippen LogP contribution in [0, 0.1) is 5.82 Å². The largest absolute Gasteiger partial charge is 0.322 e. The maximum atomic E-state index is 13.8. The van der Waals surface area contributed by atoms with Crippen molar-refractivity contribution >= 4 is 40.9 Å². The van der Waals surface area contributed by atoms with E-state index in [0.717, 1.165) is 11.1 Å². The fourth-order valence-electron chi connectivity index (χ4n) is 3.24. The summed E-state index contributed by atoms with van der Waals surface area (Å²) in [6, 6.07) is 20.5. The number of nitrogens with one attached hydrogen (secondary N) is 1. The molecule has 1 heterocycles. The fourth-order valence-corrected chi connectivity index (χ4v) is 4.56. The zero-order chi connectivity index (χ0) is 21.1. The average molecular weight is 441 g/mol. The highest BCUT2D eigenvalue weighted by atomic mass is 35.5. The molecule has 1 fully saturated rings. The molecule has 3 aromatic rings. The summed E-state index contributed by atoms with van der Waals surface area (Å²) >= 11 is 7.50. The molecule has 1 aliphatic rings. The zero-order valence-electron chi connectivity index (χ0n) is 15.8. The van der Waals surface area contributed by atoms with Gasteiger partial charge in [0.2, 0.25) is 5.91 Å². The Morgan fingerprint density at radius 2 is 1.77 bits per heavy atom. The number of carbonyl (C=O) groups excluding carboxylic acids is 2. The lowest BCUT2D eigenvalue weighted by Gasteiger charge is -2.24. The number of hydrogen-bond donors (Lipinski definition) is 1. The van der Waals surface area contributed by atoms with Crippen LogP contribution in [0.4, 0.5) is 10.1 Å². The Morgan fingerprint density at radius 1 is 1.07 bits per heavy atom. The molecule has 4 nitrogen and oxygen atoms in total. The number of para-hydroxylation sites is 1. The van der Waals surface area contributed by atoms with Crippen molar-refractivity contribution < 1.29 is 14.0 Å². The molecule has 0 radical (unpaired) electrons. The zero-order valence-corrected chi connectivity index (χ0v) is 17.4. The van der Waals surface area contributed by atoms with Crippen LogP contribution < -0.4 is 5.32 Å². The van der Waals surface area contributed by atoms with E-state index < -0.39 is 5.82 Å². The molecule has 3 aromatic carbocycles. The minimum Gasteiger partial charge on any atom is -0.322 e. The molecule has 0 bridgehead atoms. The van der Waals surface area contributed by atoms with Crippen molar-refractivity contribution in [1.29, 1.82) is 0 Å². The average Bonchev–Trinajstić information content (AvgIpc) is 3.11. The number of hydrogen-bond acceptors (Lipinski definition) is 3. The van der Waals surface area contributed by atoms with Gasteiger partial charge in [-0.2, -0.15) is 0 Å². The Hall–Kier alpha value is -2.83. The van der Waals surface area contributed by atoms with Gasteiger partial charge in [-0.3, -0.25) is 9.59 Å². The highest BCUT2D eigenvalue weighted by Gasteiger charge is 2.32. The lowest BCUT2D eigenvalue weighted by molar-refractivity contribution is -0.128. The molecular formula is C23H18ClFN2O2S. The number of thioether (sulfide) groups is 1. The topological polar surface area (TPSA) is 49.4 Å². The predicted octanol–water partition coefficient (Wildman–Crippen LogP) is 5.51. The maximum absolute atomic E-state index is 13.8. The molecule has 1 saturated heterocycles. The predicted molar refractivity (Wildman–Crippen MR) is 118 cm³/mol. The third-order valence-electron chi connectivity index (χ3n) is 4.81. The normalized spacial score (nSPS) is 16.0. The van der Waals surface area contributed by atoms with Gasteiger partial charge in [0.05, 0.1) is 11.4 Å². The molecule has 4 rings (SSSR count). The number of rotatable bonds is 5. The highest BCUT2D eigenvalue weighted by molar-refractivity contribution is 8.00. The second kappa shape index (κ2) is 8.90. The molecule has 1 aliphatic heterocycles. The minimum atomic E-state index is -0.485.